The number of carbonyl (C=O) groups is 1. The van der Waals surface area contributed by atoms with Crippen molar-refractivity contribution in [2.24, 2.45) is 11.7 Å². The Morgan fingerprint density at radius 2 is 2.29 bits per heavy atom. The van der Waals surface area contributed by atoms with E-state index in [9.17, 15) is 13.2 Å². The van der Waals surface area contributed by atoms with Gasteiger partial charge < -0.3 is 15.8 Å². The Kier molecular flexibility index (Phi) is 4.81. The molecule has 1 saturated heterocycles. The fourth-order valence-electron chi connectivity index (χ4n) is 2.25. The molecule has 0 spiro atoms. The number of sulfonamides is 1. The van der Waals surface area contributed by atoms with Gasteiger partial charge in [0, 0.05) is 6.54 Å². The van der Waals surface area contributed by atoms with Crippen LogP contribution < -0.4 is 20.5 Å². The van der Waals surface area contributed by atoms with Crippen molar-refractivity contribution >= 4 is 15.9 Å². The van der Waals surface area contributed by atoms with Crippen LogP contribution in [0.3, 0.4) is 0 Å². The molecule has 1 aromatic carbocycles. The number of carbonyl (C=O) groups excluding carboxylic acids is 1. The van der Waals surface area contributed by atoms with E-state index in [-0.39, 0.29) is 22.1 Å². The predicted octanol–water partition coefficient (Wildman–Crippen LogP) is -0.318. The van der Waals surface area contributed by atoms with Crippen molar-refractivity contribution in [2.45, 2.75) is 11.3 Å². The Hall–Kier alpha value is -1.64. The van der Waals surface area contributed by atoms with Gasteiger partial charge in [0.15, 0.2) is 0 Å². The SMILES string of the molecule is COc1ccc(S(=O)(=O)NCC2CCNC2)cc1C(N)=O. The molecule has 0 aliphatic carbocycles. The summed E-state index contributed by atoms with van der Waals surface area (Å²) in [5.41, 5.74) is 5.28. The van der Waals surface area contributed by atoms with Gasteiger partial charge in [-0.2, -0.15) is 0 Å². The van der Waals surface area contributed by atoms with Crippen molar-refractivity contribution in [1.29, 1.82) is 0 Å². The van der Waals surface area contributed by atoms with Crippen molar-refractivity contribution in [3.63, 3.8) is 0 Å². The highest BCUT2D eigenvalue weighted by molar-refractivity contribution is 7.89. The maximum absolute atomic E-state index is 12.2. The largest absolute Gasteiger partial charge is 0.496 e. The molecule has 1 fully saturated rings. The molecule has 0 radical (unpaired) electrons. The highest BCUT2D eigenvalue weighted by atomic mass is 32.2. The lowest BCUT2D eigenvalue weighted by molar-refractivity contribution is 0.0997. The molecule has 2 rings (SSSR count). The predicted molar refractivity (Wildman–Crippen MR) is 77.7 cm³/mol. The summed E-state index contributed by atoms with van der Waals surface area (Å²) in [6, 6.07) is 4.04. The summed E-state index contributed by atoms with van der Waals surface area (Å²) in [4.78, 5) is 11.3. The van der Waals surface area contributed by atoms with Crippen LogP contribution in [0.1, 0.15) is 16.8 Å². The Labute approximate surface area is 123 Å². The second-order valence-corrected chi connectivity index (χ2v) is 6.70. The van der Waals surface area contributed by atoms with Gasteiger partial charge in [0.2, 0.25) is 10.0 Å². The van der Waals surface area contributed by atoms with Crippen LogP contribution in [-0.2, 0) is 10.0 Å². The summed E-state index contributed by atoms with van der Waals surface area (Å²) in [6.07, 6.45) is 0.942. The molecule has 1 aliphatic heterocycles. The molecule has 116 valence electrons. The van der Waals surface area contributed by atoms with E-state index in [4.69, 9.17) is 10.5 Å². The third-order valence-corrected chi connectivity index (χ3v) is 4.89. The van der Waals surface area contributed by atoms with Gasteiger partial charge in [-0.05, 0) is 43.6 Å². The average Bonchev–Trinajstić information content (AvgIpc) is 2.97. The smallest absolute Gasteiger partial charge is 0.252 e. The van der Waals surface area contributed by atoms with E-state index < -0.39 is 15.9 Å². The molecule has 7 nitrogen and oxygen atoms in total. The highest BCUT2D eigenvalue weighted by Crippen LogP contribution is 2.22. The number of amides is 1. The van der Waals surface area contributed by atoms with Gasteiger partial charge in [0.25, 0.3) is 5.91 Å². The summed E-state index contributed by atoms with van der Waals surface area (Å²) in [5.74, 6) is -0.195. The number of methoxy groups -OCH3 is 1. The van der Waals surface area contributed by atoms with Gasteiger partial charge in [-0.3, -0.25) is 4.79 Å². The summed E-state index contributed by atoms with van der Waals surface area (Å²) in [7, 11) is -2.28. The lowest BCUT2D eigenvalue weighted by atomic mass is 10.1. The monoisotopic (exact) mass is 313 g/mol. The van der Waals surface area contributed by atoms with Crippen LogP contribution in [0.4, 0.5) is 0 Å². The van der Waals surface area contributed by atoms with E-state index >= 15 is 0 Å². The molecule has 1 unspecified atom stereocenters. The molecule has 1 amide bonds. The Bertz CT molecular complexity index is 624. The average molecular weight is 313 g/mol. The second kappa shape index (κ2) is 6.42. The zero-order valence-electron chi connectivity index (χ0n) is 11.8. The number of benzene rings is 1. The molecule has 1 heterocycles. The fourth-order valence-corrected chi connectivity index (χ4v) is 3.39. The minimum absolute atomic E-state index is 0.00283. The highest BCUT2D eigenvalue weighted by Gasteiger charge is 2.21. The Balaban J connectivity index is 2.18. The molecule has 0 bridgehead atoms. The first kappa shape index (κ1) is 15.7. The van der Waals surface area contributed by atoms with Gasteiger partial charge in [-0.1, -0.05) is 0 Å². The van der Waals surface area contributed by atoms with Gasteiger partial charge in [-0.15, -0.1) is 0 Å². The molecular weight excluding hydrogens is 294 g/mol. The van der Waals surface area contributed by atoms with Crippen LogP contribution >= 0.6 is 0 Å². The van der Waals surface area contributed by atoms with Crippen LogP contribution in [0.5, 0.6) is 5.75 Å². The molecule has 1 atom stereocenters. The standard InChI is InChI=1S/C13H19N3O4S/c1-20-12-3-2-10(6-11(12)13(14)17)21(18,19)16-8-9-4-5-15-7-9/h2-3,6,9,15-16H,4-5,7-8H2,1H3,(H2,14,17). The molecule has 8 heteroatoms. The summed E-state index contributed by atoms with van der Waals surface area (Å²) in [6.45, 7) is 2.08. The molecule has 1 aromatic rings. The number of primary amides is 1. The van der Waals surface area contributed by atoms with Gasteiger partial charge in [0.1, 0.15) is 5.75 Å². The minimum atomic E-state index is -3.67. The van der Waals surface area contributed by atoms with Crippen molar-refractivity contribution in [3.05, 3.63) is 23.8 Å². The van der Waals surface area contributed by atoms with E-state index in [2.05, 4.69) is 10.0 Å². The fraction of sp³-hybridized carbons (Fsp3) is 0.462. The number of hydrogen-bond acceptors (Lipinski definition) is 5. The van der Waals surface area contributed by atoms with Crippen molar-refractivity contribution in [3.8, 4) is 5.75 Å². The number of nitrogens with one attached hydrogen (secondary N) is 2. The van der Waals surface area contributed by atoms with E-state index in [1.165, 1.54) is 25.3 Å². The maximum atomic E-state index is 12.2. The minimum Gasteiger partial charge on any atom is -0.496 e. The molecule has 0 saturated carbocycles. The quantitative estimate of drug-likeness (QED) is 0.667. The number of ether oxygens (including phenoxy) is 1. The lowest BCUT2D eigenvalue weighted by Gasteiger charge is -2.12. The maximum Gasteiger partial charge on any atom is 0.252 e. The molecule has 0 aromatic heterocycles. The van der Waals surface area contributed by atoms with E-state index in [0.717, 1.165) is 19.5 Å². The molecule has 21 heavy (non-hydrogen) atoms. The summed E-state index contributed by atoms with van der Waals surface area (Å²) >= 11 is 0. The zero-order chi connectivity index (χ0) is 15.5. The van der Waals surface area contributed by atoms with Crippen LogP contribution in [0.25, 0.3) is 0 Å². The van der Waals surface area contributed by atoms with Crippen LogP contribution in [0.15, 0.2) is 23.1 Å². The van der Waals surface area contributed by atoms with Gasteiger partial charge >= 0.3 is 0 Å². The number of hydrogen-bond donors (Lipinski definition) is 3. The van der Waals surface area contributed by atoms with Crippen molar-refractivity contribution in [2.75, 3.05) is 26.7 Å². The van der Waals surface area contributed by atoms with Crippen LogP contribution in [0.2, 0.25) is 0 Å². The second-order valence-electron chi connectivity index (χ2n) is 4.94. The van der Waals surface area contributed by atoms with Crippen molar-refractivity contribution < 1.29 is 17.9 Å². The Morgan fingerprint density at radius 1 is 1.52 bits per heavy atom. The Morgan fingerprint density at radius 3 is 2.86 bits per heavy atom. The van der Waals surface area contributed by atoms with Gasteiger partial charge in [0.05, 0.1) is 17.6 Å². The molecule has 1 aliphatic rings. The first-order valence-corrected chi connectivity index (χ1v) is 8.10. The molecule has 4 N–H and O–H groups in total. The number of rotatable bonds is 6. The normalized spacial score (nSPS) is 18.6. The third-order valence-electron chi connectivity index (χ3n) is 3.47. The number of nitrogens with two attached hydrogens (primary N) is 1. The third kappa shape index (κ3) is 3.72. The van der Waals surface area contributed by atoms with Crippen LogP contribution in [-0.4, -0.2) is 41.1 Å². The zero-order valence-corrected chi connectivity index (χ0v) is 12.6. The van der Waals surface area contributed by atoms with Crippen molar-refractivity contribution in [1.82, 2.24) is 10.0 Å². The lowest BCUT2D eigenvalue weighted by Crippen LogP contribution is -2.30. The van der Waals surface area contributed by atoms with Gasteiger partial charge in [-0.25, -0.2) is 13.1 Å². The first-order chi connectivity index (χ1) is 9.94. The first-order valence-electron chi connectivity index (χ1n) is 6.62. The van der Waals surface area contributed by atoms with E-state index in [1.54, 1.807) is 0 Å². The molecular formula is C13H19N3O4S. The van der Waals surface area contributed by atoms with Crippen LogP contribution in [0, 0.1) is 5.92 Å². The topological polar surface area (TPSA) is 111 Å². The van der Waals surface area contributed by atoms with E-state index in [1.807, 2.05) is 0 Å². The summed E-state index contributed by atoms with van der Waals surface area (Å²) < 4.78 is 32.0. The summed E-state index contributed by atoms with van der Waals surface area (Å²) in [5, 5.41) is 3.17. The van der Waals surface area contributed by atoms with E-state index in [0.29, 0.717) is 6.54 Å².